The number of rotatable bonds is 9. The van der Waals surface area contributed by atoms with Crippen LogP contribution in [-0.2, 0) is 26.2 Å². The van der Waals surface area contributed by atoms with E-state index in [2.05, 4.69) is 5.32 Å². The molecule has 0 aliphatic heterocycles. The fraction of sp³-hybridized carbons (Fsp3) is 0.286. The maximum absolute atomic E-state index is 13.9. The second-order valence-electron chi connectivity index (χ2n) is 9.05. The molecule has 0 radical (unpaired) electrons. The van der Waals surface area contributed by atoms with Crippen molar-refractivity contribution in [2.45, 2.75) is 45.2 Å². The molecule has 3 aromatic rings. The Hall–Kier alpha value is -3.72. The first-order valence-corrected chi connectivity index (χ1v) is 13.3. The Morgan fingerprint density at radius 1 is 0.919 bits per heavy atom. The molecule has 0 bridgehead atoms. The largest absolute Gasteiger partial charge is 0.357 e. The van der Waals surface area contributed by atoms with Gasteiger partial charge in [-0.2, -0.15) is 0 Å². The van der Waals surface area contributed by atoms with E-state index < -0.39 is 40.2 Å². The monoisotopic (exact) mass is 525 g/mol. The maximum Gasteiger partial charge on any atom is 0.264 e. The molecule has 7 nitrogen and oxygen atoms in total. The maximum atomic E-state index is 13.9. The van der Waals surface area contributed by atoms with Crippen LogP contribution in [0.2, 0.25) is 0 Å². The summed E-state index contributed by atoms with van der Waals surface area (Å²) < 4.78 is 42.3. The Kier molecular flexibility index (Phi) is 8.70. The van der Waals surface area contributed by atoms with E-state index >= 15 is 0 Å². The molecule has 0 fully saturated rings. The number of amides is 2. The zero-order valence-corrected chi connectivity index (χ0v) is 22.5. The van der Waals surface area contributed by atoms with Crippen molar-refractivity contribution in [2.75, 3.05) is 17.9 Å². The molecule has 196 valence electrons. The van der Waals surface area contributed by atoms with Crippen molar-refractivity contribution in [3.63, 3.8) is 0 Å². The molecule has 0 saturated heterocycles. The number of sulfonamides is 1. The average molecular weight is 526 g/mol. The lowest BCUT2D eigenvalue weighted by Gasteiger charge is -2.32. The number of halogens is 1. The number of carbonyl (C=O) groups excluding carboxylic acids is 2. The van der Waals surface area contributed by atoms with Crippen LogP contribution in [-0.4, -0.2) is 44.8 Å². The van der Waals surface area contributed by atoms with Crippen molar-refractivity contribution in [3.8, 4) is 0 Å². The summed E-state index contributed by atoms with van der Waals surface area (Å²) in [4.78, 5) is 27.6. The van der Waals surface area contributed by atoms with Crippen LogP contribution in [0.25, 0.3) is 0 Å². The van der Waals surface area contributed by atoms with Crippen LogP contribution in [0.4, 0.5) is 10.1 Å². The number of hydrogen-bond acceptors (Lipinski definition) is 4. The Morgan fingerprint density at radius 3 is 2.11 bits per heavy atom. The van der Waals surface area contributed by atoms with Crippen LogP contribution in [0.1, 0.15) is 29.2 Å². The van der Waals surface area contributed by atoms with Gasteiger partial charge in [0.15, 0.2) is 0 Å². The van der Waals surface area contributed by atoms with E-state index in [4.69, 9.17) is 0 Å². The summed E-state index contributed by atoms with van der Waals surface area (Å²) in [6.07, 6.45) is 0. The van der Waals surface area contributed by atoms with Crippen LogP contribution in [0, 0.1) is 26.6 Å². The summed E-state index contributed by atoms with van der Waals surface area (Å²) in [6.45, 7) is 6.52. The Morgan fingerprint density at radius 2 is 1.51 bits per heavy atom. The average Bonchev–Trinajstić information content (AvgIpc) is 2.87. The van der Waals surface area contributed by atoms with E-state index in [0.29, 0.717) is 16.8 Å². The normalized spacial score (nSPS) is 12.1. The fourth-order valence-corrected chi connectivity index (χ4v) is 5.39. The Balaban J connectivity index is 2.07. The Bertz CT molecular complexity index is 1370. The minimum Gasteiger partial charge on any atom is -0.357 e. The molecule has 37 heavy (non-hydrogen) atoms. The SMILES string of the molecule is CNC(=O)C(C)N(Cc1ccc(F)cc1)C(=O)CN(c1cc(C)ccc1C)S(=O)(=O)c1ccc(C)cc1. The van der Waals surface area contributed by atoms with Crippen LogP contribution in [0.3, 0.4) is 0 Å². The standard InChI is InChI=1S/C28H32FN3O4S/c1-19-7-14-25(15-8-19)37(35,36)32(26-16-20(2)6-9-21(26)3)18-27(33)31(22(4)28(34)30-5)17-23-10-12-24(29)13-11-23/h6-16,22H,17-18H2,1-5H3,(H,30,34). The summed E-state index contributed by atoms with van der Waals surface area (Å²) >= 11 is 0. The molecule has 0 heterocycles. The first-order chi connectivity index (χ1) is 17.4. The van der Waals surface area contributed by atoms with Gasteiger partial charge in [-0.15, -0.1) is 0 Å². The lowest BCUT2D eigenvalue weighted by molar-refractivity contribution is -0.139. The predicted octanol–water partition coefficient (Wildman–Crippen LogP) is 4.11. The van der Waals surface area contributed by atoms with Crippen LogP contribution in [0.5, 0.6) is 0 Å². The van der Waals surface area contributed by atoms with Crippen molar-refractivity contribution in [1.82, 2.24) is 10.2 Å². The lowest BCUT2D eigenvalue weighted by Crippen LogP contribution is -2.50. The zero-order chi connectivity index (χ0) is 27.3. The minimum atomic E-state index is -4.13. The Labute approximate surface area is 218 Å². The molecule has 2 amide bonds. The van der Waals surface area contributed by atoms with Crippen LogP contribution < -0.4 is 9.62 Å². The van der Waals surface area contributed by atoms with Crippen LogP contribution >= 0.6 is 0 Å². The summed E-state index contributed by atoms with van der Waals surface area (Å²) in [5.41, 5.74) is 3.39. The van der Waals surface area contributed by atoms with Gasteiger partial charge in [0.25, 0.3) is 10.0 Å². The number of carbonyl (C=O) groups is 2. The van der Waals surface area contributed by atoms with Gasteiger partial charge in [-0.1, -0.05) is 42.0 Å². The molecular weight excluding hydrogens is 493 g/mol. The van der Waals surface area contributed by atoms with Gasteiger partial charge in [-0.25, -0.2) is 12.8 Å². The van der Waals surface area contributed by atoms with E-state index in [-0.39, 0.29) is 11.4 Å². The molecule has 9 heteroatoms. The second-order valence-corrected chi connectivity index (χ2v) is 10.9. The number of nitrogens with zero attached hydrogens (tertiary/aromatic N) is 2. The number of nitrogens with one attached hydrogen (secondary N) is 1. The highest BCUT2D eigenvalue weighted by Gasteiger charge is 2.33. The summed E-state index contributed by atoms with van der Waals surface area (Å²) in [5.74, 6) is -1.40. The van der Waals surface area contributed by atoms with E-state index in [1.807, 2.05) is 19.9 Å². The van der Waals surface area contributed by atoms with Crippen molar-refractivity contribution in [2.24, 2.45) is 0 Å². The van der Waals surface area contributed by atoms with Crippen molar-refractivity contribution >= 4 is 27.5 Å². The highest BCUT2D eigenvalue weighted by molar-refractivity contribution is 7.92. The highest BCUT2D eigenvalue weighted by atomic mass is 32.2. The van der Waals surface area contributed by atoms with Gasteiger partial charge < -0.3 is 10.2 Å². The van der Waals surface area contributed by atoms with Crippen molar-refractivity contribution in [3.05, 3.63) is 94.8 Å². The molecule has 1 N–H and O–H groups in total. The summed E-state index contributed by atoms with van der Waals surface area (Å²) in [6, 6.07) is 16.5. The van der Waals surface area contributed by atoms with Crippen LogP contribution in [0.15, 0.2) is 71.6 Å². The molecule has 0 aromatic heterocycles. The van der Waals surface area contributed by atoms with Crippen molar-refractivity contribution < 1.29 is 22.4 Å². The van der Waals surface area contributed by atoms with Crippen molar-refractivity contribution in [1.29, 1.82) is 0 Å². The smallest absolute Gasteiger partial charge is 0.264 e. The van der Waals surface area contributed by atoms with Gasteiger partial charge in [0.2, 0.25) is 11.8 Å². The number of likely N-dealkylation sites (N-methyl/N-ethyl adjacent to an activating group) is 1. The van der Waals surface area contributed by atoms with Gasteiger partial charge in [-0.05, 0) is 74.7 Å². The molecule has 0 spiro atoms. The van der Waals surface area contributed by atoms with E-state index in [1.54, 1.807) is 38.1 Å². The van der Waals surface area contributed by atoms with Gasteiger partial charge in [-0.3, -0.25) is 13.9 Å². The highest BCUT2D eigenvalue weighted by Crippen LogP contribution is 2.28. The van der Waals surface area contributed by atoms with E-state index in [1.165, 1.54) is 48.3 Å². The van der Waals surface area contributed by atoms with Gasteiger partial charge in [0.05, 0.1) is 10.6 Å². The molecule has 0 aliphatic rings. The van der Waals surface area contributed by atoms with Gasteiger partial charge >= 0.3 is 0 Å². The first kappa shape index (κ1) is 27.9. The molecule has 1 unspecified atom stereocenters. The number of anilines is 1. The number of hydrogen-bond donors (Lipinski definition) is 1. The predicted molar refractivity (Wildman–Crippen MR) is 142 cm³/mol. The van der Waals surface area contributed by atoms with E-state index in [0.717, 1.165) is 15.4 Å². The van der Waals surface area contributed by atoms with Gasteiger partial charge in [0, 0.05) is 13.6 Å². The summed E-state index contributed by atoms with van der Waals surface area (Å²) in [7, 11) is -2.67. The quantitative estimate of drug-likeness (QED) is 0.456. The molecular formula is C28H32FN3O4S. The third-order valence-corrected chi connectivity index (χ3v) is 7.98. The lowest BCUT2D eigenvalue weighted by atomic mass is 10.1. The number of aryl methyl sites for hydroxylation is 3. The molecule has 3 aromatic carbocycles. The first-order valence-electron chi connectivity index (χ1n) is 11.9. The zero-order valence-electron chi connectivity index (χ0n) is 21.7. The third kappa shape index (κ3) is 6.54. The van der Waals surface area contributed by atoms with Gasteiger partial charge in [0.1, 0.15) is 18.4 Å². The number of benzene rings is 3. The fourth-order valence-electron chi connectivity index (χ4n) is 3.92. The molecule has 3 rings (SSSR count). The topological polar surface area (TPSA) is 86.8 Å². The minimum absolute atomic E-state index is 0.00107. The third-order valence-electron chi connectivity index (χ3n) is 6.20. The molecule has 1 atom stereocenters. The second kappa shape index (κ2) is 11.6. The molecule has 0 saturated carbocycles. The van der Waals surface area contributed by atoms with E-state index in [9.17, 15) is 22.4 Å². The summed E-state index contributed by atoms with van der Waals surface area (Å²) in [5, 5.41) is 2.53. The molecule has 0 aliphatic carbocycles.